The van der Waals surface area contributed by atoms with Crippen molar-refractivity contribution in [2.45, 2.75) is 6.61 Å². The molecule has 2 aromatic rings. The highest BCUT2D eigenvalue weighted by atomic mass is 79.9. The Labute approximate surface area is 147 Å². The Morgan fingerprint density at radius 1 is 1.25 bits per heavy atom. The minimum absolute atomic E-state index is 0.126. The number of amides is 1. The average Bonchev–Trinajstić information content (AvgIpc) is 2.58. The number of primary amides is 1. The van der Waals surface area contributed by atoms with Crippen LogP contribution in [0.2, 0.25) is 0 Å². The zero-order valence-corrected chi connectivity index (χ0v) is 14.1. The van der Waals surface area contributed by atoms with Crippen LogP contribution in [-0.4, -0.2) is 5.91 Å². The van der Waals surface area contributed by atoms with Crippen LogP contribution in [0.5, 0.6) is 5.75 Å². The van der Waals surface area contributed by atoms with E-state index in [1.165, 1.54) is 6.08 Å². The number of rotatable bonds is 5. The summed E-state index contributed by atoms with van der Waals surface area (Å²) in [4.78, 5) is 11.1. The van der Waals surface area contributed by atoms with Gasteiger partial charge in [0.25, 0.3) is 5.91 Å². The first-order valence-corrected chi connectivity index (χ1v) is 7.66. The molecule has 0 bridgehead atoms. The van der Waals surface area contributed by atoms with E-state index in [1.54, 1.807) is 36.4 Å². The Hall–Kier alpha value is -3.09. The van der Waals surface area contributed by atoms with Crippen LogP contribution in [0.1, 0.15) is 16.7 Å². The van der Waals surface area contributed by atoms with Crippen molar-refractivity contribution in [3.05, 3.63) is 69.2 Å². The highest BCUT2D eigenvalue weighted by Gasteiger charge is 2.07. The van der Waals surface area contributed by atoms with Gasteiger partial charge in [-0.2, -0.15) is 10.5 Å². The molecule has 2 aromatic carbocycles. The molecule has 0 unspecified atom stereocenters. The minimum Gasteiger partial charge on any atom is -0.488 e. The predicted molar refractivity (Wildman–Crippen MR) is 92.4 cm³/mol. The normalized spacial score (nSPS) is 10.5. The van der Waals surface area contributed by atoms with Gasteiger partial charge in [0.15, 0.2) is 0 Å². The molecule has 6 heteroatoms. The lowest BCUT2D eigenvalue weighted by atomic mass is 10.1. The van der Waals surface area contributed by atoms with Gasteiger partial charge in [0.2, 0.25) is 0 Å². The van der Waals surface area contributed by atoms with Gasteiger partial charge in [-0.15, -0.1) is 0 Å². The van der Waals surface area contributed by atoms with E-state index < -0.39 is 5.91 Å². The molecule has 0 spiro atoms. The second-order valence-corrected chi connectivity index (χ2v) is 5.64. The van der Waals surface area contributed by atoms with Crippen LogP contribution < -0.4 is 10.5 Å². The first kappa shape index (κ1) is 17.3. The third-order valence-electron chi connectivity index (χ3n) is 3.17. The topological polar surface area (TPSA) is 99.9 Å². The molecular formula is C18H12BrN3O2. The molecule has 2 rings (SSSR count). The van der Waals surface area contributed by atoms with E-state index in [-0.39, 0.29) is 12.2 Å². The fraction of sp³-hybridized carbons (Fsp3) is 0.0556. The lowest BCUT2D eigenvalue weighted by molar-refractivity contribution is -0.114. The average molecular weight is 382 g/mol. The van der Waals surface area contributed by atoms with Crippen molar-refractivity contribution in [3.8, 4) is 17.9 Å². The second kappa shape index (κ2) is 7.96. The number of hydrogen-bond donors (Lipinski definition) is 1. The standard InChI is InChI=1S/C18H12BrN3O2/c19-16-8-12(7-15(10-21)18(22)23)5-6-17(16)24-11-14-4-2-1-3-13(14)9-20/h1-8H,11H2,(H2,22,23)/b15-7-. The van der Waals surface area contributed by atoms with Crippen LogP contribution in [0, 0.1) is 22.7 Å². The predicted octanol–water partition coefficient (Wildman–Crippen LogP) is 3.29. The van der Waals surface area contributed by atoms with Gasteiger partial charge in [0.05, 0.1) is 16.1 Å². The maximum Gasteiger partial charge on any atom is 0.259 e. The Bertz CT molecular complexity index is 892. The third kappa shape index (κ3) is 4.22. The lowest BCUT2D eigenvalue weighted by Gasteiger charge is -2.10. The van der Waals surface area contributed by atoms with E-state index >= 15 is 0 Å². The lowest BCUT2D eigenvalue weighted by Crippen LogP contribution is -2.12. The summed E-state index contributed by atoms with van der Waals surface area (Å²) in [5.41, 5.74) is 6.98. The number of hydrogen-bond acceptors (Lipinski definition) is 4. The molecule has 0 fully saturated rings. The van der Waals surface area contributed by atoms with Crippen molar-refractivity contribution in [1.29, 1.82) is 10.5 Å². The molecule has 24 heavy (non-hydrogen) atoms. The van der Waals surface area contributed by atoms with Crippen LogP contribution >= 0.6 is 15.9 Å². The molecule has 0 saturated carbocycles. The van der Waals surface area contributed by atoms with Gasteiger partial charge in [-0.1, -0.05) is 24.3 Å². The number of benzene rings is 2. The maximum atomic E-state index is 11.1. The van der Waals surface area contributed by atoms with Crippen LogP contribution in [0.4, 0.5) is 0 Å². The molecule has 1 amide bonds. The number of carbonyl (C=O) groups is 1. The molecule has 118 valence electrons. The maximum absolute atomic E-state index is 11.1. The third-order valence-corrected chi connectivity index (χ3v) is 3.79. The van der Waals surface area contributed by atoms with E-state index in [1.807, 2.05) is 12.1 Å². The molecule has 2 N–H and O–H groups in total. The quantitative estimate of drug-likeness (QED) is 0.634. The Morgan fingerprint density at radius 2 is 2.00 bits per heavy atom. The van der Waals surface area contributed by atoms with E-state index in [4.69, 9.17) is 21.0 Å². The van der Waals surface area contributed by atoms with Crippen LogP contribution in [0.25, 0.3) is 6.08 Å². The van der Waals surface area contributed by atoms with Crippen molar-refractivity contribution < 1.29 is 9.53 Å². The summed E-state index contributed by atoms with van der Waals surface area (Å²) in [6, 6.07) is 16.2. The number of halogens is 1. The fourth-order valence-corrected chi connectivity index (χ4v) is 2.47. The summed E-state index contributed by atoms with van der Waals surface area (Å²) < 4.78 is 6.38. The zero-order chi connectivity index (χ0) is 17.5. The van der Waals surface area contributed by atoms with Crippen molar-refractivity contribution in [2.75, 3.05) is 0 Å². The smallest absolute Gasteiger partial charge is 0.259 e. The Kier molecular flexibility index (Phi) is 5.73. The van der Waals surface area contributed by atoms with Gasteiger partial charge in [0, 0.05) is 5.56 Å². The van der Waals surface area contributed by atoms with Crippen LogP contribution in [0.15, 0.2) is 52.5 Å². The summed E-state index contributed by atoms with van der Waals surface area (Å²) in [5.74, 6) is -0.195. The van der Waals surface area contributed by atoms with E-state index in [0.717, 1.165) is 5.56 Å². The van der Waals surface area contributed by atoms with Gasteiger partial charge >= 0.3 is 0 Å². The van der Waals surface area contributed by atoms with Gasteiger partial charge in [-0.3, -0.25) is 4.79 Å². The summed E-state index contributed by atoms with van der Waals surface area (Å²) in [6.07, 6.45) is 1.40. The molecule has 0 atom stereocenters. The summed E-state index contributed by atoms with van der Waals surface area (Å²) in [6.45, 7) is 0.252. The number of ether oxygens (including phenoxy) is 1. The Balaban J connectivity index is 2.18. The van der Waals surface area contributed by atoms with Crippen molar-refractivity contribution >= 4 is 27.9 Å². The molecule has 0 aromatic heterocycles. The molecule has 0 aliphatic carbocycles. The number of carbonyl (C=O) groups excluding carboxylic acids is 1. The zero-order valence-electron chi connectivity index (χ0n) is 12.5. The molecule has 0 heterocycles. The SMILES string of the molecule is N#C/C(=C/c1ccc(OCc2ccccc2C#N)c(Br)c1)C(N)=O. The van der Waals surface area contributed by atoms with Gasteiger partial charge in [-0.05, 0) is 45.8 Å². The van der Waals surface area contributed by atoms with Gasteiger partial charge in [-0.25, -0.2) is 0 Å². The molecule has 0 radical (unpaired) electrons. The van der Waals surface area contributed by atoms with Crippen molar-refractivity contribution in [3.63, 3.8) is 0 Å². The fourth-order valence-electron chi connectivity index (χ4n) is 1.96. The molecule has 0 aliphatic heterocycles. The van der Waals surface area contributed by atoms with E-state index in [0.29, 0.717) is 21.3 Å². The Morgan fingerprint density at radius 3 is 2.62 bits per heavy atom. The highest BCUT2D eigenvalue weighted by molar-refractivity contribution is 9.10. The molecule has 0 aliphatic rings. The highest BCUT2D eigenvalue weighted by Crippen LogP contribution is 2.28. The van der Waals surface area contributed by atoms with Gasteiger partial charge < -0.3 is 10.5 Å². The summed E-state index contributed by atoms with van der Waals surface area (Å²) in [7, 11) is 0. The molecular weight excluding hydrogens is 370 g/mol. The first-order chi connectivity index (χ1) is 11.5. The second-order valence-electron chi connectivity index (χ2n) is 4.78. The number of nitrogens with zero attached hydrogens (tertiary/aromatic N) is 2. The largest absolute Gasteiger partial charge is 0.488 e. The van der Waals surface area contributed by atoms with Crippen LogP contribution in [0.3, 0.4) is 0 Å². The minimum atomic E-state index is -0.776. The van der Waals surface area contributed by atoms with E-state index in [2.05, 4.69) is 22.0 Å². The van der Waals surface area contributed by atoms with Crippen LogP contribution in [-0.2, 0) is 11.4 Å². The van der Waals surface area contributed by atoms with E-state index in [9.17, 15) is 4.79 Å². The first-order valence-electron chi connectivity index (χ1n) is 6.87. The van der Waals surface area contributed by atoms with Crippen molar-refractivity contribution in [2.24, 2.45) is 5.73 Å². The monoisotopic (exact) mass is 381 g/mol. The number of nitriles is 2. The summed E-state index contributed by atoms with van der Waals surface area (Å²) in [5, 5.41) is 17.9. The number of nitrogens with two attached hydrogens (primary N) is 1. The van der Waals surface area contributed by atoms with Gasteiger partial charge in [0.1, 0.15) is 24.0 Å². The van der Waals surface area contributed by atoms with Crippen molar-refractivity contribution in [1.82, 2.24) is 0 Å². The molecule has 0 saturated heterocycles. The summed E-state index contributed by atoms with van der Waals surface area (Å²) >= 11 is 3.39. The molecule has 5 nitrogen and oxygen atoms in total.